The van der Waals surface area contributed by atoms with Gasteiger partial charge in [0, 0.05) is 57.1 Å². The molecule has 0 radical (unpaired) electrons. The van der Waals surface area contributed by atoms with Crippen molar-refractivity contribution in [2.45, 2.75) is 112 Å². The minimum Gasteiger partial charge on any atom is -0.507 e. The average molecular weight is 747 g/mol. The Kier molecular flexibility index (Phi) is 12.4. The number of aliphatic carboxylic acids is 2. The molecule has 54 heavy (non-hydrogen) atoms. The molecule has 4 rings (SSSR count). The summed E-state index contributed by atoms with van der Waals surface area (Å²) in [5, 5.41) is 81.7. The summed E-state index contributed by atoms with van der Waals surface area (Å²) in [5.74, 6) is -6.86. The third-order valence-corrected chi connectivity index (χ3v) is 11.1. The van der Waals surface area contributed by atoms with E-state index < -0.39 is 59.1 Å². The minimum atomic E-state index is -1.48. The van der Waals surface area contributed by atoms with Gasteiger partial charge in [-0.25, -0.2) is 9.59 Å². The molecule has 0 fully saturated rings. The van der Waals surface area contributed by atoms with Crippen LogP contribution in [0.25, 0.3) is 27.5 Å². The predicted molar refractivity (Wildman–Crippen MR) is 209 cm³/mol. The molecule has 0 bridgehead atoms. The number of phenolic OH excluding ortho intramolecular Hbond substituents is 4. The van der Waals surface area contributed by atoms with E-state index in [-0.39, 0.29) is 62.6 Å². The lowest BCUT2D eigenvalue weighted by Gasteiger charge is -2.35. The molecule has 3 aromatic carbocycles. The van der Waals surface area contributed by atoms with Crippen molar-refractivity contribution >= 4 is 40.3 Å². The van der Waals surface area contributed by atoms with Gasteiger partial charge in [0.15, 0.2) is 17.3 Å². The number of nitrogens with one attached hydrogen (secondary N) is 1. The van der Waals surface area contributed by atoms with E-state index in [9.17, 15) is 50.1 Å². The Hall–Kier alpha value is -5.10. The lowest BCUT2D eigenvalue weighted by atomic mass is 9.70. The second-order valence-corrected chi connectivity index (χ2v) is 15.4. The molecular formula is C42H54N2O10. The first kappa shape index (κ1) is 41.7. The van der Waals surface area contributed by atoms with Crippen LogP contribution in [0.1, 0.15) is 113 Å². The van der Waals surface area contributed by atoms with Gasteiger partial charge in [-0.05, 0) is 59.6 Å². The highest BCUT2D eigenvalue weighted by atomic mass is 16.4. The topological polar surface area (TPSA) is 217 Å². The number of aromatic hydroxyl groups is 4. The van der Waals surface area contributed by atoms with Gasteiger partial charge in [-0.3, -0.25) is 9.79 Å². The summed E-state index contributed by atoms with van der Waals surface area (Å²) in [6, 6.07) is 1.19. The van der Waals surface area contributed by atoms with Crippen LogP contribution in [0.15, 0.2) is 23.3 Å². The Morgan fingerprint density at radius 2 is 1.39 bits per heavy atom. The van der Waals surface area contributed by atoms with Gasteiger partial charge in [-0.2, -0.15) is 0 Å². The molecule has 12 nitrogen and oxygen atoms in total. The number of rotatable bonds is 13. The number of hydrogen-bond donors (Lipinski definition) is 8. The van der Waals surface area contributed by atoms with Crippen molar-refractivity contribution in [1.29, 1.82) is 0 Å². The van der Waals surface area contributed by atoms with Crippen LogP contribution in [-0.2, 0) is 14.4 Å². The van der Waals surface area contributed by atoms with Crippen molar-refractivity contribution in [3.05, 3.63) is 51.7 Å². The monoisotopic (exact) mass is 746 g/mol. The van der Waals surface area contributed by atoms with Crippen LogP contribution in [0, 0.1) is 31.6 Å². The van der Waals surface area contributed by atoms with Crippen LogP contribution in [-0.4, -0.2) is 77.9 Å². The molecule has 292 valence electrons. The zero-order valence-electron chi connectivity index (χ0n) is 32.6. The molecule has 8 N–H and O–H groups in total. The number of phenols is 4. The van der Waals surface area contributed by atoms with Gasteiger partial charge in [0.05, 0.1) is 0 Å². The van der Waals surface area contributed by atoms with Crippen LogP contribution in [0.5, 0.6) is 23.0 Å². The summed E-state index contributed by atoms with van der Waals surface area (Å²) in [4.78, 5) is 42.5. The van der Waals surface area contributed by atoms with Gasteiger partial charge in [-0.1, -0.05) is 80.4 Å². The van der Waals surface area contributed by atoms with Crippen molar-refractivity contribution in [3.63, 3.8) is 0 Å². The van der Waals surface area contributed by atoms with Gasteiger partial charge in [0.2, 0.25) is 0 Å². The van der Waals surface area contributed by atoms with Gasteiger partial charge in [-0.15, -0.1) is 0 Å². The second kappa shape index (κ2) is 16.1. The van der Waals surface area contributed by atoms with Crippen LogP contribution >= 0.6 is 0 Å². The largest absolute Gasteiger partial charge is 0.507 e. The molecule has 12 heteroatoms. The first-order chi connectivity index (χ1) is 25.2. The molecule has 0 spiro atoms. The summed E-state index contributed by atoms with van der Waals surface area (Å²) < 4.78 is 0. The summed E-state index contributed by atoms with van der Waals surface area (Å²) in [6.45, 7) is 17.8. The Morgan fingerprint density at radius 1 is 0.815 bits per heavy atom. The highest BCUT2D eigenvalue weighted by Crippen LogP contribution is 2.54. The van der Waals surface area contributed by atoms with E-state index >= 15 is 0 Å². The maximum absolute atomic E-state index is 13.9. The number of aliphatic imine (C=N–C) groups is 1. The number of aliphatic hydroxyl groups excluding tert-OH is 1. The van der Waals surface area contributed by atoms with E-state index in [0.29, 0.717) is 40.5 Å². The lowest BCUT2D eigenvalue weighted by Crippen LogP contribution is -2.41. The fourth-order valence-electron chi connectivity index (χ4n) is 7.70. The molecule has 2 unspecified atom stereocenters. The first-order valence-corrected chi connectivity index (χ1v) is 18.5. The molecule has 0 saturated carbocycles. The van der Waals surface area contributed by atoms with E-state index in [2.05, 4.69) is 10.3 Å². The molecule has 3 aromatic rings. The van der Waals surface area contributed by atoms with Gasteiger partial charge < -0.3 is 41.1 Å². The Bertz CT molecular complexity index is 2050. The molecule has 1 aliphatic rings. The van der Waals surface area contributed by atoms with Crippen LogP contribution in [0.2, 0.25) is 0 Å². The molecule has 0 heterocycles. The van der Waals surface area contributed by atoms with Gasteiger partial charge in [0.25, 0.3) is 0 Å². The van der Waals surface area contributed by atoms with Crippen LogP contribution in [0.4, 0.5) is 0 Å². The molecule has 0 aromatic heterocycles. The zero-order chi connectivity index (χ0) is 40.7. The molecule has 1 aliphatic carbocycles. The second-order valence-electron chi connectivity index (χ2n) is 15.4. The number of hydrogen-bond acceptors (Lipinski definition) is 10. The molecule has 0 amide bonds. The van der Waals surface area contributed by atoms with Crippen LogP contribution in [0.3, 0.4) is 0 Å². The maximum atomic E-state index is 13.9. The van der Waals surface area contributed by atoms with Crippen molar-refractivity contribution in [2.24, 2.45) is 22.7 Å². The molecule has 0 aliphatic heterocycles. The van der Waals surface area contributed by atoms with Crippen molar-refractivity contribution < 1.29 is 50.1 Å². The number of nitrogens with zero attached hydrogens (tertiary/aromatic N) is 1. The highest BCUT2D eigenvalue weighted by molar-refractivity contribution is 6.26. The maximum Gasteiger partial charge on any atom is 0.328 e. The fraction of sp³-hybridized carbons (Fsp3) is 0.476. The fourth-order valence-corrected chi connectivity index (χ4v) is 7.70. The molecule has 0 saturated heterocycles. The highest BCUT2D eigenvalue weighted by Gasteiger charge is 2.42. The first-order valence-electron chi connectivity index (χ1n) is 18.5. The van der Waals surface area contributed by atoms with E-state index in [4.69, 9.17) is 0 Å². The normalized spacial score (nSPS) is 19.1. The van der Waals surface area contributed by atoms with Gasteiger partial charge >= 0.3 is 11.9 Å². The molecular weight excluding hydrogens is 692 g/mol. The van der Waals surface area contributed by atoms with Crippen molar-refractivity contribution in [1.82, 2.24) is 5.32 Å². The minimum absolute atomic E-state index is 0.0602. The summed E-state index contributed by atoms with van der Waals surface area (Å²) in [6.07, 6.45) is 1.92. The van der Waals surface area contributed by atoms with Crippen LogP contribution < -0.4 is 5.32 Å². The lowest BCUT2D eigenvalue weighted by molar-refractivity contribution is -0.141. The van der Waals surface area contributed by atoms with E-state index in [1.54, 1.807) is 53.7 Å². The summed E-state index contributed by atoms with van der Waals surface area (Å²) in [7, 11) is 0. The number of aryl methyl sites for hydroxylation is 2. The number of fused-ring (bicyclic) bond motifs is 2. The Balaban J connectivity index is 2.16. The third kappa shape index (κ3) is 7.23. The SMILES string of the molecule is CC[C@H](C)[C@H](N=Cc1c(O)c(O)c(C(C)C)c2cc(C)c(-c3c(C)cc4c(c3O)/C(=C/N[C@H](C(=O)O)[C@@H](C)CC)C(=O)C(O)C4C(C)C)c(O)c12)C(=O)O. The van der Waals surface area contributed by atoms with E-state index in [1.165, 1.54) is 6.20 Å². The number of carbonyl (C=O) groups is 3. The summed E-state index contributed by atoms with van der Waals surface area (Å²) in [5.41, 5.74) is 1.87. The Labute approximate surface area is 315 Å². The number of ketones is 1. The number of carboxylic acids is 2. The quantitative estimate of drug-likeness (QED) is 0.0501. The molecule has 6 atom stereocenters. The van der Waals surface area contributed by atoms with Crippen molar-refractivity contribution in [2.75, 3.05) is 0 Å². The smallest absolute Gasteiger partial charge is 0.328 e. The van der Waals surface area contributed by atoms with Gasteiger partial charge in [0.1, 0.15) is 29.7 Å². The average Bonchev–Trinajstić information content (AvgIpc) is 3.08. The van der Waals surface area contributed by atoms with Crippen molar-refractivity contribution in [3.8, 4) is 34.1 Å². The number of carbonyl (C=O) groups excluding carboxylic acids is 1. The summed E-state index contributed by atoms with van der Waals surface area (Å²) >= 11 is 0. The van der Waals surface area contributed by atoms with E-state index in [1.807, 2.05) is 27.7 Å². The predicted octanol–water partition coefficient (Wildman–Crippen LogP) is 7.10. The third-order valence-electron chi connectivity index (χ3n) is 11.1. The number of aliphatic hydroxyl groups is 1. The van der Waals surface area contributed by atoms with E-state index in [0.717, 1.165) is 6.21 Å². The number of Topliss-reactive ketones (excluding diaryl/α,β-unsaturated/α-hetero) is 1. The standard InChI is InChI=1S/C42H54N2O10/c1-11-19(7)33(41(51)52)43-15-25-31-23(27(17(3)4)39(49)35(25)45)13-21(9)29(37(31)47)30-22(10)14-24-28(18(5)6)40(50)36(46)26(32(24)38(30)48)16-44-34(42(53)54)20(8)12-2/h13-20,27,33-34,39,43,46-50H,11-12H2,1-10H3,(H,51,52)(H,53,54)/b25-15-,44-16?/t19-,20-,27?,33-,34-,39?/m0/s1. The zero-order valence-corrected chi connectivity index (χ0v) is 32.6. The number of benzene rings is 3. The Morgan fingerprint density at radius 3 is 1.91 bits per heavy atom. The number of carboxylic acid groups (broad SMARTS) is 2.